The number of nitrogens with zero attached hydrogens (tertiary/aromatic N) is 7. The number of aryl methyl sites for hydroxylation is 2. The van der Waals surface area contributed by atoms with Crippen LogP contribution in [0.2, 0.25) is 0 Å². The van der Waals surface area contributed by atoms with Gasteiger partial charge in [0.15, 0.2) is 11.2 Å². The number of aliphatic hydroxyl groups excluding tert-OH is 2. The normalized spacial score (nSPS) is 20.4. The van der Waals surface area contributed by atoms with Crippen molar-refractivity contribution in [1.82, 2.24) is 39.0 Å². The summed E-state index contributed by atoms with van der Waals surface area (Å²) in [5.41, 5.74) is 9.10. The van der Waals surface area contributed by atoms with Crippen LogP contribution in [0.3, 0.4) is 0 Å². The lowest BCUT2D eigenvalue weighted by molar-refractivity contribution is -0.0425. The summed E-state index contributed by atoms with van der Waals surface area (Å²) in [5, 5.41) is 23.0. The molecule has 6 rings (SSSR count). The Morgan fingerprint density at radius 2 is 2.00 bits per heavy atom. The van der Waals surface area contributed by atoms with Crippen molar-refractivity contribution >= 4 is 51.1 Å². The van der Waals surface area contributed by atoms with Crippen LogP contribution in [0.1, 0.15) is 18.3 Å². The molecule has 14 nitrogen and oxygen atoms in total. The minimum absolute atomic E-state index is 0.0398. The number of nitrogens with two attached hydrogens (primary N) is 1. The molecule has 3 atom stereocenters. The van der Waals surface area contributed by atoms with Crippen molar-refractivity contribution in [1.29, 1.82) is 0 Å². The van der Waals surface area contributed by atoms with Gasteiger partial charge in [0.05, 0.1) is 29.4 Å². The van der Waals surface area contributed by atoms with Gasteiger partial charge in [-0.05, 0) is 19.1 Å². The van der Waals surface area contributed by atoms with Gasteiger partial charge in [-0.1, -0.05) is 0 Å². The summed E-state index contributed by atoms with van der Waals surface area (Å²) < 4.78 is 9.21. The molecule has 1 fully saturated rings. The van der Waals surface area contributed by atoms with Crippen LogP contribution in [-0.2, 0) is 11.8 Å². The van der Waals surface area contributed by atoms with E-state index in [-0.39, 0.29) is 36.1 Å². The summed E-state index contributed by atoms with van der Waals surface area (Å²) in [4.78, 5) is 37.4. The second-order valence-electron chi connectivity index (χ2n) is 8.48. The van der Waals surface area contributed by atoms with Crippen LogP contribution in [0.5, 0.6) is 0 Å². The molecule has 0 saturated carbocycles. The molecule has 4 aromatic heterocycles. The summed E-state index contributed by atoms with van der Waals surface area (Å²) in [6.07, 6.45) is -0.591. The van der Waals surface area contributed by atoms with Gasteiger partial charge < -0.3 is 25.3 Å². The number of nitrogen functional groups attached to an aromatic ring is 1. The van der Waals surface area contributed by atoms with E-state index in [1.165, 1.54) is 0 Å². The molecule has 0 spiro atoms. The Kier molecular flexibility index (Phi) is 4.70. The number of imidazole rings is 2. The van der Waals surface area contributed by atoms with Gasteiger partial charge in [0, 0.05) is 19.7 Å². The SMILES string of the molecule is Cc1cnc2ccc3c(nc(Nc4nc5c(=O)[nH]c(N)nc5n4[C@H]4CC(O)[C@@H](CO)O4)n3C)c2n1. The highest BCUT2D eigenvalue weighted by Gasteiger charge is 2.37. The maximum absolute atomic E-state index is 12.6. The van der Waals surface area contributed by atoms with Crippen molar-refractivity contribution in [3.8, 4) is 0 Å². The predicted molar refractivity (Wildman–Crippen MR) is 126 cm³/mol. The molecule has 0 bridgehead atoms. The molecule has 5 heterocycles. The molecule has 1 unspecified atom stereocenters. The van der Waals surface area contributed by atoms with Crippen molar-refractivity contribution in [3.63, 3.8) is 0 Å². The number of hydrogen-bond donors (Lipinski definition) is 5. The van der Waals surface area contributed by atoms with Crippen LogP contribution < -0.4 is 16.6 Å². The highest BCUT2D eigenvalue weighted by Crippen LogP contribution is 2.35. The molecule has 0 radical (unpaired) electrons. The highest BCUT2D eigenvalue weighted by atomic mass is 16.5. The lowest BCUT2D eigenvalue weighted by Gasteiger charge is -2.17. The van der Waals surface area contributed by atoms with E-state index in [0.29, 0.717) is 17.0 Å². The first-order valence-electron chi connectivity index (χ1n) is 10.9. The van der Waals surface area contributed by atoms with Gasteiger partial charge in [-0.25, -0.2) is 15.0 Å². The second kappa shape index (κ2) is 7.69. The van der Waals surface area contributed by atoms with Crippen molar-refractivity contribution < 1.29 is 14.9 Å². The highest BCUT2D eigenvalue weighted by molar-refractivity contribution is 6.01. The zero-order valence-electron chi connectivity index (χ0n) is 18.8. The molecule has 5 aromatic rings. The lowest BCUT2D eigenvalue weighted by atomic mass is 10.2. The Morgan fingerprint density at radius 3 is 2.77 bits per heavy atom. The van der Waals surface area contributed by atoms with Crippen molar-refractivity contribution in [2.75, 3.05) is 17.7 Å². The molecule has 180 valence electrons. The quantitative estimate of drug-likeness (QED) is 0.237. The number of H-pyrrole nitrogens is 1. The summed E-state index contributed by atoms with van der Waals surface area (Å²) in [7, 11) is 1.83. The number of fused-ring (bicyclic) bond motifs is 4. The summed E-state index contributed by atoms with van der Waals surface area (Å²) in [5.74, 6) is 0.550. The Morgan fingerprint density at radius 1 is 1.20 bits per heavy atom. The van der Waals surface area contributed by atoms with Gasteiger partial charge >= 0.3 is 0 Å². The number of aliphatic hydroxyl groups is 2. The zero-order chi connectivity index (χ0) is 24.4. The third-order valence-electron chi connectivity index (χ3n) is 6.15. The Hall–Kier alpha value is -4.14. The molecule has 1 aliphatic heterocycles. The first kappa shape index (κ1) is 21.4. The fourth-order valence-corrected chi connectivity index (χ4v) is 4.43. The maximum Gasteiger partial charge on any atom is 0.280 e. The average molecular weight is 478 g/mol. The molecule has 1 aliphatic rings. The van der Waals surface area contributed by atoms with Crippen LogP contribution >= 0.6 is 0 Å². The summed E-state index contributed by atoms with van der Waals surface area (Å²) in [6, 6.07) is 3.78. The van der Waals surface area contributed by atoms with Gasteiger partial charge in [-0.15, -0.1) is 0 Å². The molecule has 6 N–H and O–H groups in total. The minimum Gasteiger partial charge on any atom is -0.394 e. The number of aromatic amines is 1. The van der Waals surface area contributed by atoms with E-state index in [1.54, 1.807) is 10.8 Å². The fraction of sp³-hybridized carbons (Fsp3) is 0.333. The van der Waals surface area contributed by atoms with Crippen LogP contribution in [-0.4, -0.2) is 68.1 Å². The van der Waals surface area contributed by atoms with E-state index in [1.807, 2.05) is 30.7 Å². The van der Waals surface area contributed by atoms with Gasteiger partial charge in [-0.2, -0.15) is 4.98 Å². The third-order valence-corrected chi connectivity index (χ3v) is 6.15. The molecule has 0 amide bonds. The van der Waals surface area contributed by atoms with Gasteiger partial charge in [-0.3, -0.25) is 24.6 Å². The number of aromatic nitrogens is 8. The standard InChI is InChI=1S/C21H22N10O4/c1-8-6-23-9-3-4-10-15(14(9)24-8)25-20(30(10)2)29-21-26-16-17(27-19(22)28-18(16)34)31(21)13-5-11(33)12(7-32)35-13/h3-4,6,11-13,32-33H,5,7H2,1-2H3,(H,25,26,29)(H3,22,27,28,34)/t11?,12-,13-/m1/s1. The van der Waals surface area contributed by atoms with Crippen molar-refractivity contribution in [2.45, 2.75) is 31.8 Å². The second-order valence-corrected chi connectivity index (χ2v) is 8.48. The third kappa shape index (κ3) is 3.30. The number of rotatable bonds is 4. The van der Waals surface area contributed by atoms with Gasteiger partial charge in [0.1, 0.15) is 23.4 Å². The van der Waals surface area contributed by atoms with E-state index < -0.39 is 24.0 Å². The molecule has 1 aromatic carbocycles. The smallest absolute Gasteiger partial charge is 0.280 e. The number of nitrogens with one attached hydrogen (secondary N) is 2. The molecule has 0 aliphatic carbocycles. The van der Waals surface area contributed by atoms with Gasteiger partial charge in [0.25, 0.3) is 5.56 Å². The molecular formula is C21H22N10O4. The largest absolute Gasteiger partial charge is 0.394 e. The summed E-state index contributed by atoms with van der Waals surface area (Å²) in [6.45, 7) is 1.50. The monoisotopic (exact) mass is 478 g/mol. The number of anilines is 3. The number of benzene rings is 1. The topological polar surface area (TPSA) is 195 Å². The molecular weight excluding hydrogens is 456 g/mol. The molecule has 14 heteroatoms. The lowest BCUT2D eigenvalue weighted by Crippen LogP contribution is -2.24. The minimum atomic E-state index is -0.904. The van der Waals surface area contributed by atoms with Crippen LogP contribution in [0, 0.1) is 6.92 Å². The fourth-order valence-electron chi connectivity index (χ4n) is 4.43. The maximum atomic E-state index is 12.6. The van der Waals surface area contributed by atoms with Crippen LogP contribution in [0.25, 0.3) is 33.2 Å². The average Bonchev–Trinajstić information content (AvgIpc) is 3.47. The van der Waals surface area contributed by atoms with Crippen molar-refractivity contribution in [3.05, 3.63) is 34.4 Å². The van der Waals surface area contributed by atoms with E-state index >= 15 is 0 Å². The van der Waals surface area contributed by atoms with Crippen LogP contribution in [0.4, 0.5) is 17.8 Å². The summed E-state index contributed by atoms with van der Waals surface area (Å²) >= 11 is 0. The van der Waals surface area contributed by atoms with Gasteiger partial charge in [0.2, 0.25) is 17.8 Å². The van der Waals surface area contributed by atoms with Crippen molar-refractivity contribution in [2.24, 2.45) is 7.05 Å². The first-order chi connectivity index (χ1) is 16.8. The predicted octanol–water partition coefficient (Wildman–Crippen LogP) is 0.224. The Balaban J connectivity index is 1.52. The number of ether oxygens (including phenoxy) is 1. The van der Waals surface area contributed by atoms with E-state index in [9.17, 15) is 15.0 Å². The molecule has 35 heavy (non-hydrogen) atoms. The van der Waals surface area contributed by atoms with E-state index in [4.69, 9.17) is 15.5 Å². The first-order valence-corrected chi connectivity index (χ1v) is 10.9. The molecule has 1 saturated heterocycles. The van der Waals surface area contributed by atoms with E-state index in [0.717, 1.165) is 16.7 Å². The Bertz CT molecular complexity index is 1670. The van der Waals surface area contributed by atoms with Crippen LogP contribution in [0.15, 0.2) is 23.1 Å². The number of hydrogen-bond acceptors (Lipinski definition) is 11. The zero-order valence-corrected chi connectivity index (χ0v) is 18.8. The van der Waals surface area contributed by atoms with E-state index in [2.05, 4.69) is 30.2 Å². The Labute approximate surface area is 196 Å².